The van der Waals surface area contributed by atoms with Gasteiger partial charge in [0.1, 0.15) is 11.6 Å². The van der Waals surface area contributed by atoms with Crippen molar-refractivity contribution in [1.82, 2.24) is 4.98 Å². The van der Waals surface area contributed by atoms with Crippen LogP contribution in [0.1, 0.15) is 5.56 Å². The molecule has 0 saturated carbocycles. The van der Waals surface area contributed by atoms with Crippen molar-refractivity contribution in [2.24, 2.45) is 5.73 Å². The third kappa shape index (κ3) is 1.98. The van der Waals surface area contributed by atoms with Gasteiger partial charge in [0, 0.05) is 23.6 Å². The Kier molecular flexibility index (Phi) is 3.26. The van der Waals surface area contributed by atoms with Gasteiger partial charge in [-0.15, -0.1) is 0 Å². The van der Waals surface area contributed by atoms with E-state index in [9.17, 15) is 8.78 Å². The summed E-state index contributed by atoms with van der Waals surface area (Å²) in [5, 5.41) is 0.208. The van der Waals surface area contributed by atoms with Gasteiger partial charge in [0.15, 0.2) is 0 Å². The van der Waals surface area contributed by atoms with Gasteiger partial charge in [-0.05, 0) is 22.0 Å². The fourth-order valence-electron chi connectivity index (χ4n) is 1.57. The van der Waals surface area contributed by atoms with Crippen LogP contribution >= 0.6 is 15.9 Å². The van der Waals surface area contributed by atoms with Crippen LogP contribution in [0.2, 0.25) is 0 Å². The van der Waals surface area contributed by atoms with Gasteiger partial charge in [-0.3, -0.25) is 0 Å². The van der Waals surface area contributed by atoms with Crippen molar-refractivity contribution in [3.8, 4) is 5.88 Å². The number of hydrogen-bond donors (Lipinski definition) is 1. The van der Waals surface area contributed by atoms with Crippen LogP contribution in [0.25, 0.3) is 10.9 Å². The number of benzene rings is 1. The van der Waals surface area contributed by atoms with Crippen molar-refractivity contribution in [1.29, 1.82) is 0 Å². The molecule has 0 fully saturated rings. The molecule has 0 aliphatic rings. The Morgan fingerprint density at radius 3 is 2.71 bits per heavy atom. The normalized spacial score (nSPS) is 10.9. The van der Waals surface area contributed by atoms with Gasteiger partial charge in [0.05, 0.1) is 17.1 Å². The SMILES string of the molecule is COc1nc2cc(F)c(Br)c(F)c2cc1CN. The average Bonchev–Trinajstić information content (AvgIpc) is 2.34. The molecule has 0 unspecified atom stereocenters. The molecule has 0 spiro atoms. The minimum atomic E-state index is -0.704. The zero-order chi connectivity index (χ0) is 12.6. The summed E-state index contributed by atoms with van der Waals surface area (Å²) in [6, 6.07) is 2.66. The molecule has 0 radical (unpaired) electrons. The Balaban J connectivity index is 2.83. The highest BCUT2D eigenvalue weighted by atomic mass is 79.9. The number of rotatable bonds is 2. The zero-order valence-corrected chi connectivity index (χ0v) is 10.5. The van der Waals surface area contributed by atoms with Gasteiger partial charge in [-0.25, -0.2) is 13.8 Å². The average molecular weight is 303 g/mol. The molecule has 1 heterocycles. The standard InChI is InChI=1S/C11H9BrF2N2O/c1-17-11-5(4-15)2-6-8(16-11)3-7(13)9(12)10(6)14/h2-3H,4,15H2,1H3. The fourth-order valence-corrected chi connectivity index (χ4v) is 1.89. The van der Waals surface area contributed by atoms with Crippen LogP contribution in [-0.2, 0) is 6.54 Å². The Bertz CT molecular complexity index is 589. The lowest BCUT2D eigenvalue weighted by Crippen LogP contribution is -2.03. The summed E-state index contributed by atoms with van der Waals surface area (Å²) < 4.78 is 31.9. The summed E-state index contributed by atoms with van der Waals surface area (Å²) in [4.78, 5) is 4.02. The third-order valence-electron chi connectivity index (χ3n) is 2.41. The summed E-state index contributed by atoms with van der Waals surface area (Å²) in [7, 11) is 1.43. The van der Waals surface area contributed by atoms with E-state index >= 15 is 0 Å². The smallest absolute Gasteiger partial charge is 0.218 e. The predicted octanol–water partition coefficient (Wildman–Crippen LogP) is 2.74. The molecule has 90 valence electrons. The largest absolute Gasteiger partial charge is 0.481 e. The number of halogens is 3. The van der Waals surface area contributed by atoms with Gasteiger partial charge >= 0.3 is 0 Å². The quantitative estimate of drug-likeness (QED) is 0.868. The van der Waals surface area contributed by atoms with Crippen LogP contribution in [0.4, 0.5) is 8.78 Å². The van der Waals surface area contributed by atoms with E-state index in [0.29, 0.717) is 5.56 Å². The molecule has 1 aromatic heterocycles. The van der Waals surface area contributed by atoms with E-state index in [1.54, 1.807) is 0 Å². The number of ether oxygens (including phenoxy) is 1. The first kappa shape index (κ1) is 12.2. The van der Waals surface area contributed by atoms with Crippen molar-refractivity contribution < 1.29 is 13.5 Å². The van der Waals surface area contributed by atoms with Crippen molar-refractivity contribution >= 4 is 26.8 Å². The van der Waals surface area contributed by atoms with Gasteiger partial charge < -0.3 is 10.5 Å². The van der Waals surface area contributed by atoms with E-state index < -0.39 is 11.6 Å². The van der Waals surface area contributed by atoms with Crippen LogP contribution in [0.15, 0.2) is 16.6 Å². The Hall–Kier alpha value is -1.27. The number of fused-ring (bicyclic) bond motifs is 1. The second kappa shape index (κ2) is 4.54. The van der Waals surface area contributed by atoms with Gasteiger partial charge in [0.2, 0.25) is 5.88 Å². The number of hydrogen-bond acceptors (Lipinski definition) is 3. The van der Waals surface area contributed by atoms with E-state index in [1.165, 1.54) is 13.2 Å². The summed E-state index contributed by atoms with van der Waals surface area (Å²) in [6.45, 7) is 0.167. The summed E-state index contributed by atoms with van der Waals surface area (Å²) in [6.07, 6.45) is 0. The monoisotopic (exact) mass is 302 g/mol. The first-order valence-corrected chi connectivity index (χ1v) is 5.59. The van der Waals surface area contributed by atoms with E-state index in [1.807, 2.05) is 0 Å². The van der Waals surface area contributed by atoms with E-state index in [-0.39, 0.29) is 27.8 Å². The maximum atomic E-state index is 13.8. The van der Waals surface area contributed by atoms with Crippen molar-refractivity contribution in [2.45, 2.75) is 6.54 Å². The molecule has 6 heteroatoms. The van der Waals surface area contributed by atoms with Gasteiger partial charge in [-0.1, -0.05) is 0 Å². The summed E-state index contributed by atoms with van der Waals surface area (Å²) in [5.74, 6) is -1.11. The molecule has 1 aromatic carbocycles. The van der Waals surface area contributed by atoms with Crippen LogP contribution in [0.5, 0.6) is 5.88 Å². The molecule has 2 aromatic rings. The molecule has 0 amide bonds. The van der Waals surface area contributed by atoms with Crippen molar-refractivity contribution in [3.63, 3.8) is 0 Å². The molecule has 0 aliphatic carbocycles. The topological polar surface area (TPSA) is 48.1 Å². The number of aromatic nitrogens is 1. The van der Waals surface area contributed by atoms with Gasteiger partial charge in [0.25, 0.3) is 0 Å². The lowest BCUT2D eigenvalue weighted by Gasteiger charge is -2.09. The summed E-state index contributed by atoms with van der Waals surface area (Å²) in [5.41, 5.74) is 6.27. The molecule has 2 rings (SSSR count). The molecule has 0 aliphatic heterocycles. The molecular weight excluding hydrogens is 294 g/mol. The Labute approximate surface area is 105 Å². The number of pyridine rings is 1. The molecular formula is C11H9BrF2N2O. The van der Waals surface area contributed by atoms with Crippen LogP contribution in [0, 0.1) is 11.6 Å². The van der Waals surface area contributed by atoms with Crippen molar-refractivity contribution in [3.05, 3.63) is 33.8 Å². The highest BCUT2D eigenvalue weighted by molar-refractivity contribution is 9.10. The maximum absolute atomic E-state index is 13.8. The second-order valence-electron chi connectivity index (χ2n) is 3.41. The summed E-state index contributed by atoms with van der Waals surface area (Å²) >= 11 is 2.84. The number of nitrogens with two attached hydrogens (primary N) is 1. The van der Waals surface area contributed by atoms with Crippen LogP contribution in [-0.4, -0.2) is 12.1 Å². The van der Waals surface area contributed by atoms with Gasteiger partial charge in [-0.2, -0.15) is 0 Å². The lowest BCUT2D eigenvalue weighted by atomic mass is 10.1. The molecule has 3 nitrogen and oxygen atoms in total. The Morgan fingerprint density at radius 2 is 2.12 bits per heavy atom. The van der Waals surface area contributed by atoms with E-state index in [0.717, 1.165) is 6.07 Å². The first-order chi connectivity index (χ1) is 8.08. The molecule has 0 saturated heterocycles. The van der Waals surface area contributed by atoms with Crippen molar-refractivity contribution in [2.75, 3.05) is 7.11 Å². The highest BCUT2D eigenvalue weighted by Gasteiger charge is 2.15. The fraction of sp³-hybridized carbons (Fsp3) is 0.182. The van der Waals surface area contributed by atoms with E-state index in [2.05, 4.69) is 20.9 Å². The first-order valence-electron chi connectivity index (χ1n) is 4.79. The molecule has 2 N–H and O–H groups in total. The van der Waals surface area contributed by atoms with Crippen LogP contribution < -0.4 is 10.5 Å². The Morgan fingerprint density at radius 1 is 1.41 bits per heavy atom. The third-order valence-corrected chi connectivity index (χ3v) is 3.13. The van der Waals surface area contributed by atoms with Crippen LogP contribution in [0.3, 0.4) is 0 Å². The van der Waals surface area contributed by atoms with E-state index in [4.69, 9.17) is 10.5 Å². The maximum Gasteiger partial charge on any atom is 0.218 e. The predicted molar refractivity (Wildman–Crippen MR) is 63.8 cm³/mol. The minimum absolute atomic E-state index is 0.167. The molecule has 0 atom stereocenters. The highest BCUT2D eigenvalue weighted by Crippen LogP contribution is 2.30. The molecule has 17 heavy (non-hydrogen) atoms. The second-order valence-corrected chi connectivity index (χ2v) is 4.21. The molecule has 0 bridgehead atoms. The minimum Gasteiger partial charge on any atom is -0.481 e. The number of methoxy groups -OCH3 is 1. The lowest BCUT2D eigenvalue weighted by molar-refractivity contribution is 0.394. The zero-order valence-electron chi connectivity index (χ0n) is 8.93. The number of nitrogens with zero attached hydrogens (tertiary/aromatic N) is 1.